The maximum absolute atomic E-state index is 13.8. The Hall–Kier alpha value is -4.02. The predicted molar refractivity (Wildman–Crippen MR) is 128 cm³/mol. The normalized spacial score (nSPS) is 17.3. The zero-order valence-electron chi connectivity index (χ0n) is 20.6. The molecule has 1 amide bonds. The lowest BCUT2D eigenvalue weighted by molar-refractivity contribution is -0.143. The van der Waals surface area contributed by atoms with E-state index in [1.54, 1.807) is 36.3 Å². The molecule has 1 saturated carbocycles. The van der Waals surface area contributed by atoms with E-state index in [0.717, 1.165) is 31.0 Å². The summed E-state index contributed by atoms with van der Waals surface area (Å²) in [6.45, 7) is -0.267. The van der Waals surface area contributed by atoms with Gasteiger partial charge in [-0.05, 0) is 56.0 Å². The van der Waals surface area contributed by atoms with Crippen LogP contribution in [-0.4, -0.2) is 50.0 Å². The molecule has 11 heteroatoms. The molecule has 2 aromatic heterocycles. The predicted octanol–water partition coefficient (Wildman–Crippen LogP) is 4.55. The Morgan fingerprint density at radius 2 is 2.00 bits per heavy atom. The van der Waals surface area contributed by atoms with Gasteiger partial charge in [0.25, 0.3) is 0 Å². The number of carboxylic acid groups (broad SMARTS) is 1. The van der Waals surface area contributed by atoms with Crippen molar-refractivity contribution in [2.75, 3.05) is 7.05 Å². The van der Waals surface area contributed by atoms with Gasteiger partial charge in [-0.1, -0.05) is 0 Å². The number of nitrogens with zero attached hydrogens (tertiary/aromatic N) is 4. The molecule has 9 nitrogen and oxygen atoms in total. The maximum atomic E-state index is 13.8. The molecule has 1 fully saturated rings. The van der Waals surface area contributed by atoms with E-state index in [-0.39, 0.29) is 24.1 Å². The number of halogens is 2. The lowest BCUT2D eigenvalue weighted by atomic mass is 9.87. The van der Waals surface area contributed by atoms with E-state index in [1.807, 2.05) is 0 Å². The number of aryl methyl sites for hydroxylation is 1. The van der Waals surface area contributed by atoms with Crippen LogP contribution in [-0.2, 0) is 29.7 Å². The molecule has 4 rings (SSSR count). The fourth-order valence-corrected chi connectivity index (χ4v) is 4.34. The average molecular weight is 515 g/mol. The number of aromatic nitrogens is 3. The zero-order chi connectivity index (χ0) is 26.5. The van der Waals surface area contributed by atoms with Crippen molar-refractivity contribution in [1.29, 1.82) is 0 Å². The molecule has 0 unspecified atom stereocenters. The van der Waals surface area contributed by atoms with Gasteiger partial charge in [-0.25, -0.2) is 13.6 Å². The van der Waals surface area contributed by atoms with Crippen molar-refractivity contribution in [2.45, 2.75) is 44.9 Å². The molecule has 1 aliphatic carbocycles. The number of rotatable bonds is 8. The van der Waals surface area contributed by atoms with Gasteiger partial charge in [0.15, 0.2) is 0 Å². The monoisotopic (exact) mass is 514 g/mol. The first-order chi connectivity index (χ1) is 17.7. The molecule has 0 spiro atoms. The van der Waals surface area contributed by atoms with Crippen molar-refractivity contribution in [2.24, 2.45) is 13.0 Å². The second-order valence-electron chi connectivity index (χ2n) is 9.10. The Morgan fingerprint density at radius 3 is 2.73 bits per heavy atom. The number of carbonyl (C=O) groups excluding carboxylic acids is 1. The molecule has 1 aliphatic rings. The molecule has 1 N–H and O–H groups in total. The molecule has 0 radical (unpaired) electrons. The second-order valence-corrected chi connectivity index (χ2v) is 9.10. The molecule has 2 atom stereocenters. The highest BCUT2D eigenvalue weighted by Crippen LogP contribution is 2.29. The summed E-state index contributed by atoms with van der Waals surface area (Å²) in [5.41, 5.74) is 1.95. The van der Waals surface area contributed by atoms with E-state index in [9.17, 15) is 23.5 Å². The van der Waals surface area contributed by atoms with Crippen molar-refractivity contribution in [1.82, 2.24) is 19.7 Å². The van der Waals surface area contributed by atoms with Crippen molar-refractivity contribution in [3.05, 3.63) is 65.6 Å². The minimum atomic E-state index is -0.791. The summed E-state index contributed by atoms with van der Waals surface area (Å²) < 4.78 is 39.9. The Morgan fingerprint density at radius 1 is 1.19 bits per heavy atom. The van der Waals surface area contributed by atoms with Crippen LogP contribution in [0.15, 0.2) is 42.7 Å². The second kappa shape index (κ2) is 11.4. The van der Waals surface area contributed by atoms with Gasteiger partial charge in [-0.15, -0.1) is 0 Å². The summed E-state index contributed by atoms with van der Waals surface area (Å²) in [6.07, 6.45) is 5.08. The first-order valence-corrected chi connectivity index (χ1v) is 11.9. The number of amides is 1. The molecule has 0 bridgehead atoms. The third-order valence-corrected chi connectivity index (χ3v) is 6.41. The zero-order valence-corrected chi connectivity index (χ0v) is 20.6. The lowest BCUT2D eigenvalue weighted by Gasteiger charge is -2.27. The Balaban J connectivity index is 1.39. The van der Waals surface area contributed by atoms with Gasteiger partial charge in [0, 0.05) is 25.2 Å². The van der Waals surface area contributed by atoms with Crippen LogP contribution in [0.1, 0.15) is 36.9 Å². The summed E-state index contributed by atoms with van der Waals surface area (Å²) in [4.78, 5) is 29.6. The molecular formula is C26H28F2N4O5. The Labute approximate surface area is 212 Å². The summed E-state index contributed by atoms with van der Waals surface area (Å²) >= 11 is 0. The summed E-state index contributed by atoms with van der Waals surface area (Å²) in [6, 6.07) is 6.51. The van der Waals surface area contributed by atoms with Gasteiger partial charge in [-0.3, -0.25) is 14.5 Å². The van der Waals surface area contributed by atoms with Crippen molar-refractivity contribution in [3.63, 3.8) is 0 Å². The molecule has 2 heterocycles. The summed E-state index contributed by atoms with van der Waals surface area (Å²) in [5, 5.41) is 13.6. The van der Waals surface area contributed by atoms with Gasteiger partial charge >= 0.3 is 12.1 Å². The number of ether oxygens (including phenoxy) is 2. The van der Waals surface area contributed by atoms with Crippen molar-refractivity contribution < 1.29 is 33.0 Å². The molecular weight excluding hydrogens is 486 g/mol. The van der Waals surface area contributed by atoms with E-state index in [0.29, 0.717) is 35.5 Å². The van der Waals surface area contributed by atoms with Gasteiger partial charge in [0.2, 0.25) is 0 Å². The molecule has 0 aliphatic heterocycles. The lowest BCUT2D eigenvalue weighted by Crippen LogP contribution is -2.29. The third-order valence-electron chi connectivity index (χ3n) is 6.41. The van der Waals surface area contributed by atoms with Gasteiger partial charge < -0.3 is 19.5 Å². The first kappa shape index (κ1) is 26.1. The number of aliphatic carboxylic acids is 1. The molecule has 3 aromatic rings. The van der Waals surface area contributed by atoms with Crippen LogP contribution in [0.3, 0.4) is 0 Å². The summed E-state index contributed by atoms with van der Waals surface area (Å²) in [7, 11) is 3.26. The number of carboxylic acids is 1. The van der Waals surface area contributed by atoms with Crippen LogP contribution in [0, 0.1) is 17.6 Å². The first-order valence-electron chi connectivity index (χ1n) is 11.9. The Kier molecular flexibility index (Phi) is 8.00. The molecule has 196 valence electrons. The van der Waals surface area contributed by atoms with E-state index >= 15 is 0 Å². The molecule has 37 heavy (non-hydrogen) atoms. The van der Waals surface area contributed by atoms with Crippen LogP contribution in [0.5, 0.6) is 5.75 Å². The highest BCUT2D eigenvalue weighted by molar-refractivity contribution is 5.70. The third kappa shape index (κ3) is 6.41. The number of hydrogen-bond donors (Lipinski definition) is 1. The minimum absolute atomic E-state index is 0.0545. The summed E-state index contributed by atoms with van der Waals surface area (Å²) in [5.74, 6) is -1.90. The largest absolute Gasteiger partial charge is 0.489 e. The van der Waals surface area contributed by atoms with E-state index in [2.05, 4.69) is 10.1 Å². The Bertz CT molecular complexity index is 1260. The molecule has 0 saturated heterocycles. The van der Waals surface area contributed by atoms with Gasteiger partial charge in [-0.2, -0.15) is 5.10 Å². The van der Waals surface area contributed by atoms with Crippen molar-refractivity contribution >= 4 is 12.1 Å². The smallest absolute Gasteiger partial charge is 0.410 e. The minimum Gasteiger partial charge on any atom is -0.489 e. The topological polar surface area (TPSA) is 107 Å². The van der Waals surface area contributed by atoms with Gasteiger partial charge in [0.1, 0.15) is 24.0 Å². The van der Waals surface area contributed by atoms with E-state index < -0.39 is 30.3 Å². The standard InChI is InChI=1S/C26H28F2N4O5/c1-31(26(35)36-15-17-10-18(27)6-8-22(17)28)14-24-21(13-30-32(24)2)23-9-7-20(12-29-23)37-19-5-3-4-16(11-19)25(33)34/h6-10,12-13,16,19H,3-5,11,14-15H2,1-2H3,(H,33,34)/t16-,19-/m0/s1. The van der Waals surface area contributed by atoms with Crippen LogP contribution < -0.4 is 4.74 Å². The van der Waals surface area contributed by atoms with Crippen molar-refractivity contribution in [3.8, 4) is 17.0 Å². The quantitative estimate of drug-likeness (QED) is 0.470. The van der Waals surface area contributed by atoms with Crippen LogP contribution in [0.25, 0.3) is 11.3 Å². The highest BCUT2D eigenvalue weighted by atomic mass is 19.1. The van der Waals surface area contributed by atoms with E-state index in [1.165, 1.54) is 11.9 Å². The van der Waals surface area contributed by atoms with E-state index in [4.69, 9.17) is 9.47 Å². The van der Waals surface area contributed by atoms with Gasteiger partial charge in [0.05, 0.1) is 42.3 Å². The number of pyridine rings is 1. The number of hydrogen-bond acceptors (Lipinski definition) is 6. The fraction of sp³-hybridized carbons (Fsp3) is 0.385. The average Bonchev–Trinajstić information content (AvgIpc) is 3.24. The number of benzene rings is 1. The van der Waals surface area contributed by atoms with Crippen LogP contribution in [0.4, 0.5) is 13.6 Å². The van der Waals surface area contributed by atoms with Crippen LogP contribution in [0.2, 0.25) is 0 Å². The number of carbonyl (C=O) groups is 2. The van der Waals surface area contributed by atoms with Crippen LogP contribution >= 0.6 is 0 Å². The molecule has 1 aromatic carbocycles. The highest BCUT2D eigenvalue weighted by Gasteiger charge is 2.28. The maximum Gasteiger partial charge on any atom is 0.410 e. The fourth-order valence-electron chi connectivity index (χ4n) is 4.34. The SMILES string of the molecule is CN(Cc1c(-c2ccc(O[C@H]3CCC[C@H](C(=O)O)C3)cn2)cnn1C)C(=O)OCc1cc(F)ccc1F.